The molecule has 49 heavy (non-hydrogen) atoms. The van der Waals surface area contributed by atoms with E-state index < -0.39 is 53.2 Å². The Morgan fingerprint density at radius 1 is 0.898 bits per heavy atom. The minimum atomic E-state index is -5.08. The van der Waals surface area contributed by atoms with Crippen LogP contribution in [0.1, 0.15) is 29.5 Å². The third-order valence-electron chi connectivity index (χ3n) is 6.28. The molecule has 0 spiro atoms. The monoisotopic (exact) mass is 695 g/mol. The smallest absolute Gasteiger partial charge is 0.475 e. The molecule has 0 aliphatic rings. The Balaban J connectivity index is 0.000000698. The van der Waals surface area contributed by atoms with E-state index in [0.717, 1.165) is 0 Å². The molecule has 5 aromatic rings. The summed E-state index contributed by atoms with van der Waals surface area (Å²) in [5, 5.41) is 30.0. The van der Waals surface area contributed by atoms with Crippen LogP contribution in [0.2, 0.25) is 0 Å². The molecule has 2 amide bonds. The van der Waals surface area contributed by atoms with E-state index in [0.29, 0.717) is 11.4 Å². The lowest BCUT2D eigenvalue weighted by Crippen LogP contribution is -2.33. The van der Waals surface area contributed by atoms with Crippen molar-refractivity contribution in [2.24, 2.45) is 0 Å². The van der Waals surface area contributed by atoms with Crippen LogP contribution in [0.4, 0.5) is 26.3 Å². The number of aromatic amines is 1. The van der Waals surface area contributed by atoms with E-state index in [2.05, 4.69) is 35.9 Å². The van der Waals surface area contributed by atoms with Crippen LogP contribution in [0.3, 0.4) is 0 Å². The molecule has 5 N–H and O–H groups in total. The fraction of sp³-hybridized carbons (Fsp3) is 0.207. The molecule has 2 aromatic carbocycles. The van der Waals surface area contributed by atoms with Gasteiger partial charge >= 0.3 is 18.3 Å². The second kappa shape index (κ2) is 15.2. The Hall–Kier alpha value is -6.05. The molecule has 20 heteroatoms. The summed E-state index contributed by atoms with van der Waals surface area (Å²) in [6.07, 6.45) is -8.26. The minimum absolute atomic E-state index is 0.00284. The van der Waals surface area contributed by atoms with E-state index in [4.69, 9.17) is 18.9 Å². The van der Waals surface area contributed by atoms with Gasteiger partial charge in [0, 0.05) is 36.5 Å². The highest BCUT2D eigenvalue weighted by molar-refractivity contribution is 5.83. The number of aliphatic hydroxyl groups excluding tert-OH is 1. The molecule has 0 fully saturated rings. The van der Waals surface area contributed by atoms with Gasteiger partial charge in [-0.3, -0.25) is 9.59 Å². The van der Waals surface area contributed by atoms with Crippen LogP contribution < -0.4 is 10.6 Å². The summed E-state index contributed by atoms with van der Waals surface area (Å²) in [5.74, 6) is -4.50. The zero-order chi connectivity index (χ0) is 35.8. The lowest BCUT2D eigenvalue weighted by atomic mass is 10.1. The Kier molecular flexibility index (Phi) is 11.1. The lowest BCUT2D eigenvalue weighted by Gasteiger charge is -2.12. The minimum Gasteiger partial charge on any atom is -0.475 e. The predicted octanol–water partition coefficient (Wildman–Crippen LogP) is 4.29. The number of carbonyl (C=O) groups excluding carboxylic acids is 2. The van der Waals surface area contributed by atoms with Gasteiger partial charge in [-0.15, -0.1) is 0 Å². The number of hydrogen-bond acceptors (Lipinski definition) is 10. The first-order valence-corrected chi connectivity index (χ1v) is 13.7. The lowest BCUT2D eigenvalue weighted by molar-refractivity contribution is -0.192. The molecule has 14 nitrogen and oxygen atoms in total. The molecule has 3 heterocycles. The molecule has 258 valence electrons. The van der Waals surface area contributed by atoms with Gasteiger partial charge in [-0.2, -0.15) is 31.3 Å². The predicted molar refractivity (Wildman–Crippen MR) is 152 cm³/mol. The largest absolute Gasteiger partial charge is 0.490 e. The van der Waals surface area contributed by atoms with Crippen molar-refractivity contribution in [2.75, 3.05) is 6.54 Å². The van der Waals surface area contributed by atoms with E-state index in [1.54, 1.807) is 30.6 Å². The Bertz CT molecular complexity index is 1860. The second-order valence-electron chi connectivity index (χ2n) is 9.70. The molecule has 1 unspecified atom stereocenters. The van der Waals surface area contributed by atoms with Gasteiger partial charge in [0.2, 0.25) is 17.5 Å². The number of rotatable bonds is 10. The molecule has 3 aromatic heterocycles. The number of aliphatic carboxylic acids is 1. The summed E-state index contributed by atoms with van der Waals surface area (Å²) in [7, 11) is 0. The standard InChI is InChI=1S/C27H22F3N7O5.C2HF3O2/c28-27(29,30)20-21(15-4-2-1-3-5-15)36-41-23(20)26-35-24(37-42-26)17-8-6-16(7-9-17)22(39)25(40)33-11-10-19(38)34-14-18-31-12-13-32-18;3-2(4,5)1(6)7/h1-9,12-13,22,39H,10-11,14H2,(H,31,32)(H,33,40)(H,34,38);(H,6,7). The van der Waals surface area contributed by atoms with Crippen molar-refractivity contribution >= 4 is 17.8 Å². The van der Waals surface area contributed by atoms with Crippen LogP contribution >= 0.6 is 0 Å². The molecule has 0 saturated heterocycles. The number of H-pyrrole nitrogens is 1. The number of imidazole rings is 1. The first kappa shape index (κ1) is 35.8. The van der Waals surface area contributed by atoms with Gasteiger partial charge in [-0.25, -0.2) is 9.78 Å². The molecule has 5 rings (SSSR count). The molecule has 0 saturated carbocycles. The fourth-order valence-corrected chi connectivity index (χ4v) is 3.95. The SMILES string of the molecule is O=C(CCNC(=O)C(O)c1ccc(-c2noc(-c3onc(-c4ccccc4)c3C(F)(F)F)n2)cc1)NCc1ncc[nH]1.O=C(O)C(F)(F)F. The number of aliphatic hydroxyl groups is 1. The van der Waals surface area contributed by atoms with Crippen LogP contribution in [0.15, 0.2) is 76.0 Å². The van der Waals surface area contributed by atoms with Crippen molar-refractivity contribution in [2.45, 2.75) is 31.4 Å². The maximum Gasteiger partial charge on any atom is 0.490 e. The molecule has 0 aliphatic heterocycles. The zero-order valence-corrected chi connectivity index (χ0v) is 24.5. The number of carboxylic acids is 1. The fourth-order valence-electron chi connectivity index (χ4n) is 3.95. The van der Waals surface area contributed by atoms with Gasteiger partial charge < -0.3 is 34.9 Å². The Morgan fingerprint density at radius 2 is 1.57 bits per heavy atom. The summed E-state index contributed by atoms with van der Waals surface area (Å²) < 4.78 is 83.7. The normalized spacial score (nSPS) is 12.1. The van der Waals surface area contributed by atoms with E-state index in [1.807, 2.05) is 0 Å². The van der Waals surface area contributed by atoms with E-state index >= 15 is 0 Å². The highest BCUT2D eigenvalue weighted by Gasteiger charge is 2.43. The quantitative estimate of drug-likeness (QED) is 0.130. The Labute approximate surface area is 270 Å². The average molecular weight is 696 g/mol. The van der Waals surface area contributed by atoms with Crippen LogP contribution in [0, 0.1) is 0 Å². The number of carboxylic acid groups (broad SMARTS) is 1. The average Bonchev–Trinajstić information content (AvgIpc) is 3.85. The zero-order valence-electron chi connectivity index (χ0n) is 24.5. The molecular weight excluding hydrogens is 672 g/mol. The molecule has 0 radical (unpaired) electrons. The summed E-state index contributed by atoms with van der Waals surface area (Å²) in [4.78, 5) is 44.0. The van der Waals surface area contributed by atoms with E-state index in [-0.39, 0.29) is 42.4 Å². The summed E-state index contributed by atoms with van der Waals surface area (Å²) in [6.45, 7) is 0.213. The number of benzene rings is 2. The van der Waals surface area contributed by atoms with Crippen molar-refractivity contribution in [3.63, 3.8) is 0 Å². The molecule has 0 bridgehead atoms. The van der Waals surface area contributed by atoms with Crippen LogP contribution in [0.5, 0.6) is 0 Å². The number of hydrogen-bond donors (Lipinski definition) is 5. The van der Waals surface area contributed by atoms with Crippen LogP contribution in [0.25, 0.3) is 34.3 Å². The number of halogens is 6. The highest BCUT2D eigenvalue weighted by atomic mass is 19.4. The number of aromatic nitrogens is 5. The van der Waals surface area contributed by atoms with Gasteiger partial charge in [0.25, 0.3) is 11.8 Å². The van der Waals surface area contributed by atoms with E-state index in [9.17, 15) is 41.0 Å². The summed E-state index contributed by atoms with van der Waals surface area (Å²) in [6, 6.07) is 13.5. The van der Waals surface area contributed by atoms with Gasteiger partial charge in [0.1, 0.15) is 17.1 Å². The number of nitrogens with one attached hydrogen (secondary N) is 3. The van der Waals surface area contributed by atoms with Crippen molar-refractivity contribution < 1.29 is 60.0 Å². The topological polar surface area (TPSA) is 209 Å². The maximum absolute atomic E-state index is 14.0. The van der Waals surface area contributed by atoms with Gasteiger partial charge in [-0.1, -0.05) is 64.9 Å². The molecule has 0 aliphatic carbocycles. The maximum atomic E-state index is 14.0. The highest BCUT2D eigenvalue weighted by Crippen LogP contribution is 2.43. The van der Waals surface area contributed by atoms with E-state index in [1.165, 1.54) is 36.4 Å². The number of nitrogens with zero attached hydrogens (tertiary/aromatic N) is 4. The van der Waals surface area contributed by atoms with Crippen molar-refractivity contribution in [1.29, 1.82) is 0 Å². The Morgan fingerprint density at radius 3 is 2.16 bits per heavy atom. The van der Waals surface area contributed by atoms with Crippen LogP contribution in [-0.4, -0.2) is 66.0 Å². The molecular formula is C29H23F6N7O7. The number of alkyl halides is 6. The van der Waals surface area contributed by atoms with Gasteiger partial charge in [0.05, 0.1) is 6.54 Å². The van der Waals surface area contributed by atoms with Gasteiger partial charge in [0.15, 0.2) is 6.10 Å². The third-order valence-corrected chi connectivity index (χ3v) is 6.28. The first-order valence-electron chi connectivity index (χ1n) is 13.7. The van der Waals surface area contributed by atoms with Crippen molar-refractivity contribution in [1.82, 2.24) is 35.9 Å². The first-order chi connectivity index (χ1) is 23.1. The third kappa shape index (κ3) is 9.50. The summed E-state index contributed by atoms with van der Waals surface area (Å²) in [5.41, 5.74) is -0.797. The van der Waals surface area contributed by atoms with Crippen LogP contribution in [-0.2, 0) is 27.1 Å². The van der Waals surface area contributed by atoms with Crippen molar-refractivity contribution in [3.8, 4) is 34.3 Å². The summed E-state index contributed by atoms with van der Waals surface area (Å²) >= 11 is 0. The second-order valence-corrected chi connectivity index (χ2v) is 9.70. The number of amides is 2. The number of carbonyl (C=O) groups is 3. The molecule has 1 atom stereocenters. The van der Waals surface area contributed by atoms with Crippen molar-refractivity contribution in [3.05, 3.63) is 83.9 Å². The van der Waals surface area contributed by atoms with Gasteiger partial charge in [-0.05, 0) is 5.56 Å².